The van der Waals surface area contributed by atoms with Crippen LogP contribution in [0.3, 0.4) is 0 Å². The molecule has 30 heavy (non-hydrogen) atoms. The number of carbonyl (C=O) groups is 1. The van der Waals surface area contributed by atoms with Gasteiger partial charge in [0.2, 0.25) is 0 Å². The molecule has 8 heteroatoms. The zero-order valence-electron chi connectivity index (χ0n) is 16.7. The molecular formula is C22H20N4O3S. The number of nitrogen functional groups attached to an aromatic ring is 1. The van der Waals surface area contributed by atoms with Crippen LogP contribution in [0.5, 0.6) is 11.5 Å². The van der Waals surface area contributed by atoms with Crippen molar-refractivity contribution in [3.05, 3.63) is 59.1 Å². The Kier molecular flexibility index (Phi) is 5.24. The summed E-state index contributed by atoms with van der Waals surface area (Å²) in [7, 11) is 3.10. The summed E-state index contributed by atoms with van der Waals surface area (Å²) in [6.07, 6.45) is 0. The van der Waals surface area contributed by atoms with Gasteiger partial charge in [0.15, 0.2) is 5.82 Å². The first-order valence-electron chi connectivity index (χ1n) is 9.17. The molecule has 0 aliphatic heterocycles. The minimum atomic E-state index is -0.334. The summed E-state index contributed by atoms with van der Waals surface area (Å²) >= 11 is 1.24. The van der Waals surface area contributed by atoms with Gasteiger partial charge in [0, 0.05) is 11.6 Å². The normalized spacial score (nSPS) is 10.8. The fourth-order valence-electron chi connectivity index (χ4n) is 3.16. The smallest absolute Gasteiger partial charge is 0.268 e. The van der Waals surface area contributed by atoms with Crippen LogP contribution < -0.4 is 20.5 Å². The number of aryl methyl sites for hydroxylation is 1. The number of hydrogen-bond acceptors (Lipinski definition) is 7. The van der Waals surface area contributed by atoms with Crippen LogP contribution in [0.4, 0.5) is 11.4 Å². The summed E-state index contributed by atoms with van der Waals surface area (Å²) < 4.78 is 10.5. The van der Waals surface area contributed by atoms with Crippen molar-refractivity contribution in [2.24, 2.45) is 0 Å². The number of rotatable bonds is 5. The Labute approximate surface area is 177 Å². The fraction of sp³-hybridized carbons (Fsp3) is 0.136. The summed E-state index contributed by atoms with van der Waals surface area (Å²) in [4.78, 5) is 23.3. The second kappa shape index (κ2) is 8.00. The van der Waals surface area contributed by atoms with Gasteiger partial charge in [-0.1, -0.05) is 30.3 Å². The molecule has 2 heterocycles. The number of nitrogens with two attached hydrogens (primary N) is 1. The van der Waals surface area contributed by atoms with Crippen molar-refractivity contribution in [2.45, 2.75) is 6.92 Å². The lowest BCUT2D eigenvalue weighted by Crippen LogP contribution is -2.12. The molecule has 0 aliphatic carbocycles. The Morgan fingerprint density at radius 1 is 1.07 bits per heavy atom. The van der Waals surface area contributed by atoms with Gasteiger partial charge in [-0.05, 0) is 19.1 Å². The zero-order chi connectivity index (χ0) is 21.3. The van der Waals surface area contributed by atoms with Gasteiger partial charge in [-0.3, -0.25) is 4.79 Å². The van der Waals surface area contributed by atoms with Gasteiger partial charge in [0.1, 0.15) is 21.2 Å². The van der Waals surface area contributed by atoms with Crippen LogP contribution in [0.1, 0.15) is 15.4 Å². The molecule has 0 radical (unpaired) electrons. The van der Waals surface area contributed by atoms with E-state index in [2.05, 4.69) is 15.3 Å². The summed E-state index contributed by atoms with van der Waals surface area (Å²) in [5, 5.41) is 3.56. The van der Waals surface area contributed by atoms with Crippen LogP contribution in [0.25, 0.3) is 21.6 Å². The molecule has 4 rings (SSSR count). The summed E-state index contributed by atoms with van der Waals surface area (Å²) in [6, 6.07) is 14.9. The summed E-state index contributed by atoms with van der Waals surface area (Å²) in [6.45, 7) is 1.87. The molecule has 0 aliphatic rings. The van der Waals surface area contributed by atoms with Crippen LogP contribution in [0.2, 0.25) is 0 Å². The number of amides is 1. The molecule has 7 nitrogen and oxygen atoms in total. The fourth-order valence-corrected chi connectivity index (χ4v) is 4.20. The molecule has 3 N–H and O–H groups in total. The number of carbonyl (C=O) groups excluding carboxylic acids is 1. The maximum atomic E-state index is 13.0. The number of thiophene rings is 1. The molecule has 2 aromatic carbocycles. The van der Waals surface area contributed by atoms with Crippen molar-refractivity contribution in [3.63, 3.8) is 0 Å². The number of benzene rings is 2. The molecule has 0 spiro atoms. The van der Waals surface area contributed by atoms with Crippen molar-refractivity contribution in [1.29, 1.82) is 0 Å². The van der Waals surface area contributed by atoms with Crippen molar-refractivity contribution in [3.8, 4) is 22.9 Å². The highest BCUT2D eigenvalue weighted by Gasteiger charge is 2.21. The lowest BCUT2D eigenvalue weighted by Gasteiger charge is -2.11. The third-order valence-corrected chi connectivity index (χ3v) is 5.76. The number of fused-ring (bicyclic) bond motifs is 1. The SMILES string of the molecule is COc1ccc(NC(=O)c2sc3nc(-c4ccccc4)nc(C)c3c2N)c(OC)c1. The van der Waals surface area contributed by atoms with E-state index in [4.69, 9.17) is 15.2 Å². The summed E-state index contributed by atoms with van der Waals surface area (Å²) in [5.41, 5.74) is 8.85. The van der Waals surface area contributed by atoms with Crippen molar-refractivity contribution >= 4 is 38.8 Å². The predicted octanol–water partition coefficient (Wildman–Crippen LogP) is 4.52. The third kappa shape index (κ3) is 3.53. The Balaban J connectivity index is 1.72. The zero-order valence-corrected chi connectivity index (χ0v) is 17.5. The van der Waals surface area contributed by atoms with E-state index < -0.39 is 0 Å². The first-order valence-corrected chi connectivity index (χ1v) is 9.99. The predicted molar refractivity (Wildman–Crippen MR) is 119 cm³/mol. The number of hydrogen-bond donors (Lipinski definition) is 2. The topological polar surface area (TPSA) is 99.4 Å². The minimum Gasteiger partial charge on any atom is -0.497 e. The van der Waals surface area contributed by atoms with Crippen molar-refractivity contribution in [1.82, 2.24) is 9.97 Å². The molecule has 4 aromatic rings. The monoisotopic (exact) mass is 420 g/mol. The average Bonchev–Trinajstić information content (AvgIpc) is 3.11. The van der Waals surface area contributed by atoms with Gasteiger partial charge in [0.05, 0.1) is 36.7 Å². The van der Waals surface area contributed by atoms with Gasteiger partial charge in [-0.25, -0.2) is 9.97 Å². The summed E-state index contributed by atoms with van der Waals surface area (Å²) in [5.74, 6) is 1.39. The molecule has 2 aromatic heterocycles. The molecule has 0 atom stereocenters. The second-order valence-corrected chi connectivity index (χ2v) is 7.54. The molecule has 0 bridgehead atoms. The Hall–Kier alpha value is -3.65. The highest BCUT2D eigenvalue weighted by molar-refractivity contribution is 7.21. The number of aromatic nitrogens is 2. The number of nitrogens with zero attached hydrogens (tertiary/aromatic N) is 2. The highest BCUT2D eigenvalue weighted by Crippen LogP contribution is 2.37. The first kappa shape index (κ1) is 19.7. The van der Waals surface area contributed by atoms with Crippen LogP contribution >= 0.6 is 11.3 Å². The van der Waals surface area contributed by atoms with E-state index in [0.29, 0.717) is 43.8 Å². The standard InChI is InChI=1S/C22H20N4O3S/c1-12-17-18(23)19(21(27)25-15-10-9-14(28-2)11-16(15)29-3)30-22(17)26-20(24-12)13-7-5-4-6-8-13/h4-11H,23H2,1-3H3,(H,25,27). The van der Waals surface area contributed by atoms with E-state index >= 15 is 0 Å². The van der Waals surface area contributed by atoms with Gasteiger partial charge in [-0.15, -0.1) is 11.3 Å². The molecule has 0 fully saturated rings. The highest BCUT2D eigenvalue weighted by atomic mass is 32.1. The van der Waals surface area contributed by atoms with E-state index in [1.165, 1.54) is 18.4 Å². The third-order valence-electron chi connectivity index (χ3n) is 4.66. The number of ether oxygens (including phenoxy) is 2. The van der Waals surface area contributed by atoms with Crippen molar-refractivity contribution in [2.75, 3.05) is 25.3 Å². The maximum Gasteiger partial charge on any atom is 0.268 e. The Morgan fingerprint density at radius 2 is 1.83 bits per heavy atom. The van der Waals surface area contributed by atoms with E-state index in [1.54, 1.807) is 25.3 Å². The lowest BCUT2D eigenvalue weighted by atomic mass is 10.2. The van der Waals surface area contributed by atoms with Gasteiger partial charge in [0.25, 0.3) is 5.91 Å². The van der Waals surface area contributed by atoms with E-state index in [0.717, 1.165) is 11.3 Å². The second-order valence-electron chi connectivity index (χ2n) is 6.54. The molecule has 0 unspecified atom stereocenters. The number of nitrogens with one attached hydrogen (secondary N) is 1. The Morgan fingerprint density at radius 3 is 2.53 bits per heavy atom. The van der Waals surface area contributed by atoms with E-state index in [9.17, 15) is 4.79 Å². The molecular weight excluding hydrogens is 400 g/mol. The Bertz CT molecular complexity index is 1240. The lowest BCUT2D eigenvalue weighted by molar-refractivity contribution is 0.103. The first-order chi connectivity index (χ1) is 14.5. The minimum absolute atomic E-state index is 0.334. The number of methoxy groups -OCH3 is 2. The van der Waals surface area contributed by atoms with E-state index in [-0.39, 0.29) is 5.91 Å². The van der Waals surface area contributed by atoms with Crippen LogP contribution in [-0.4, -0.2) is 30.1 Å². The van der Waals surface area contributed by atoms with Crippen molar-refractivity contribution < 1.29 is 14.3 Å². The average molecular weight is 420 g/mol. The quantitative estimate of drug-likeness (QED) is 0.492. The maximum absolute atomic E-state index is 13.0. The van der Waals surface area contributed by atoms with Gasteiger partial charge in [-0.2, -0.15) is 0 Å². The molecule has 0 saturated carbocycles. The van der Waals surface area contributed by atoms with E-state index in [1.807, 2.05) is 37.3 Å². The van der Waals surface area contributed by atoms with Gasteiger partial charge >= 0.3 is 0 Å². The molecule has 152 valence electrons. The molecule has 1 amide bonds. The van der Waals surface area contributed by atoms with Crippen LogP contribution in [-0.2, 0) is 0 Å². The van der Waals surface area contributed by atoms with Crippen LogP contribution in [0, 0.1) is 6.92 Å². The number of anilines is 2. The van der Waals surface area contributed by atoms with Crippen LogP contribution in [0.15, 0.2) is 48.5 Å². The largest absolute Gasteiger partial charge is 0.497 e. The molecule has 0 saturated heterocycles. The van der Waals surface area contributed by atoms with Gasteiger partial charge < -0.3 is 20.5 Å².